The summed E-state index contributed by atoms with van der Waals surface area (Å²) in [5, 5.41) is 12.1. The highest BCUT2D eigenvalue weighted by Crippen LogP contribution is 2.41. The van der Waals surface area contributed by atoms with Gasteiger partial charge in [-0.15, -0.1) is 0 Å². The summed E-state index contributed by atoms with van der Waals surface area (Å²) in [6, 6.07) is 63.8. The molecule has 0 aliphatic heterocycles. The van der Waals surface area contributed by atoms with Gasteiger partial charge in [0.05, 0.1) is 39.7 Å². The third kappa shape index (κ3) is 6.37. The van der Waals surface area contributed by atoms with E-state index in [1.165, 1.54) is 33.0 Å². The molecule has 0 saturated heterocycles. The molecule has 0 saturated carbocycles. The number of benzene rings is 7. The third-order valence-corrected chi connectivity index (χ3v) is 10.3. The molecule has 2 heterocycles. The third-order valence-electron chi connectivity index (χ3n) is 10.3. The molecule has 4 heteroatoms. The fourth-order valence-corrected chi connectivity index (χ4v) is 7.47. The summed E-state index contributed by atoms with van der Waals surface area (Å²) in [7, 11) is 0. The van der Waals surface area contributed by atoms with E-state index in [9.17, 15) is 5.26 Å². The zero-order valence-electron chi connectivity index (χ0n) is 31.0. The molecule has 4 nitrogen and oxygen atoms in total. The normalized spacial score (nSPS) is 11.5. The first-order valence-corrected chi connectivity index (χ1v) is 18.6. The van der Waals surface area contributed by atoms with Crippen LogP contribution in [0.25, 0.3) is 83.5 Å². The Labute approximate surface area is 321 Å². The minimum atomic E-state index is -0.228. The molecular formula is C51H38N4. The summed E-state index contributed by atoms with van der Waals surface area (Å²) in [6.45, 7) is 6.58. The highest BCUT2D eigenvalue weighted by molar-refractivity contribution is 6.12. The smallest absolute Gasteiger partial charge is 0.160 e. The van der Waals surface area contributed by atoms with Gasteiger partial charge in [-0.1, -0.05) is 142 Å². The molecule has 7 aromatic carbocycles. The van der Waals surface area contributed by atoms with Crippen molar-refractivity contribution in [3.63, 3.8) is 0 Å². The minimum Gasteiger partial charge on any atom is -0.309 e. The van der Waals surface area contributed by atoms with Crippen molar-refractivity contribution < 1.29 is 0 Å². The van der Waals surface area contributed by atoms with Gasteiger partial charge in [0.25, 0.3) is 0 Å². The lowest BCUT2D eigenvalue weighted by Crippen LogP contribution is -2.15. The van der Waals surface area contributed by atoms with Gasteiger partial charge in [0.2, 0.25) is 0 Å². The molecule has 0 aliphatic rings. The first-order chi connectivity index (χ1) is 26.8. The molecule has 0 radical (unpaired) electrons. The Kier molecular flexibility index (Phi) is 8.41. The van der Waals surface area contributed by atoms with Crippen molar-refractivity contribution >= 4 is 21.8 Å². The predicted octanol–water partition coefficient (Wildman–Crippen LogP) is 13.1. The van der Waals surface area contributed by atoms with Gasteiger partial charge in [0, 0.05) is 27.3 Å². The van der Waals surface area contributed by atoms with E-state index >= 15 is 0 Å². The van der Waals surface area contributed by atoms with Crippen LogP contribution in [0.1, 0.15) is 32.0 Å². The molecular weight excluding hydrogens is 669 g/mol. The number of nitriles is 1. The Morgan fingerprint density at radius 1 is 0.473 bits per heavy atom. The number of rotatable bonds is 6. The van der Waals surface area contributed by atoms with Gasteiger partial charge in [0.15, 0.2) is 5.82 Å². The molecule has 262 valence electrons. The van der Waals surface area contributed by atoms with Crippen molar-refractivity contribution in [3.8, 4) is 67.8 Å². The highest BCUT2D eigenvalue weighted by Gasteiger charge is 2.23. The van der Waals surface area contributed by atoms with Gasteiger partial charge in [-0.05, 0) is 88.0 Å². The second-order valence-corrected chi connectivity index (χ2v) is 15.0. The number of nitrogens with zero attached hydrogens (tertiary/aromatic N) is 4. The van der Waals surface area contributed by atoms with E-state index in [2.05, 4.69) is 171 Å². The van der Waals surface area contributed by atoms with Crippen LogP contribution in [-0.2, 0) is 5.41 Å². The summed E-state index contributed by atoms with van der Waals surface area (Å²) in [6.07, 6.45) is 0. The van der Waals surface area contributed by atoms with Gasteiger partial charge in [0.1, 0.15) is 0 Å². The van der Waals surface area contributed by atoms with Gasteiger partial charge in [-0.25, -0.2) is 9.97 Å². The lowest BCUT2D eigenvalue weighted by atomic mass is 9.90. The zero-order valence-corrected chi connectivity index (χ0v) is 31.0. The standard InChI is InChI=1S/C51H38N4/c1-51(2,3)49-32-45(53-50(54-49)37-19-11-6-12-20-37)44-31-41(38-21-13-14-34(28-38)33-52)24-27-48(44)55-46-25-22-39(35-15-7-4-8-16-35)29-42(46)43-30-40(23-26-47(43)55)36-17-9-5-10-18-36/h4-32H,1-3H3. The van der Waals surface area contributed by atoms with Crippen molar-refractivity contribution in [1.82, 2.24) is 14.5 Å². The first-order valence-electron chi connectivity index (χ1n) is 18.6. The molecule has 0 spiro atoms. The number of aromatic nitrogens is 3. The van der Waals surface area contributed by atoms with Crippen LogP contribution in [0.3, 0.4) is 0 Å². The number of hydrogen-bond acceptors (Lipinski definition) is 3. The molecule has 9 aromatic rings. The van der Waals surface area contributed by atoms with Gasteiger partial charge in [-0.2, -0.15) is 5.26 Å². The van der Waals surface area contributed by atoms with Crippen LogP contribution in [0.4, 0.5) is 0 Å². The van der Waals surface area contributed by atoms with Crippen molar-refractivity contribution in [2.24, 2.45) is 0 Å². The second-order valence-electron chi connectivity index (χ2n) is 15.0. The SMILES string of the molecule is CC(C)(C)c1cc(-c2cc(-c3cccc(C#N)c3)ccc2-n2c3ccc(-c4ccccc4)cc3c3cc(-c4ccccc4)ccc32)nc(-c2ccccc2)n1. The highest BCUT2D eigenvalue weighted by atomic mass is 15.0. The first kappa shape index (κ1) is 33.7. The maximum Gasteiger partial charge on any atom is 0.160 e. The Balaban J connectivity index is 1.36. The van der Waals surface area contributed by atoms with Crippen LogP contribution >= 0.6 is 0 Å². The molecule has 0 unspecified atom stereocenters. The van der Waals surface area contributed by atoms with Crippen LogP contribution in [0.2, 0.25) is 0 Å². The molecule has 55 heavy (non-hydrogen) atoms. The Hall–Kier alpha value is -7.09. The van der Waals surface area contributed by atoms with E-state index in [1.807, 2.05) is 36.4 Å². The Morgan fingerprint density at radius 2 is 0.982 bits per heavy atom. The van der Waals surface area contributed by atoms with Crippen molar-refractivity contribution in [3.05, 3.63) is 187 Å². The Bertz CT molecular complexity index is 2800. The molecule has 0 amide bonds. The second kappa shape index (κ2) is 13.7. The van der Waals surface area contributed by atoms with Gasteiger partial charge < -0.3 is 4.57 Å². The number of fused-ring (bicyclic) bond motifs is 3. The fraction of sp³-hybridized carbons (Fsp3) is 0.0784. The molecule has 0 bridgehead atoms. The van der Waals surface area contributed by atoms with E-state index in [0.29, 0.717) is 11.4 Å². The van der Waals surface area contributed by atoms with Crippen LogP contribution in [0.5, 0.6) is 0 Å². The lowest BCUT2D eigenvalue weighted by Gasteiger charge is -2.21. The van der Waals surface area contributed by atoms with E-state index in [0.717, 1.165) is 50.4 Å². The van der Waals surface area contributed by atoms with Gasteiger partial charge >= 0.3 is 0 Å². The molecule has 0 fully saturated rings. The monoisotopic (exact) mass is 706 g/mol. The van der Waals surface area contributed by atoms with Crippen molar-refractivity contribution in [2.45, 2.75) is 26.2 Å². The Morgan fingerprint density at radius 3 is 1.55 bits per heavy atom. The summed E-state index contributed by atoms with van der Waals surface area (Å²) < 4.78 is 2.39. The summed E-state index contributed by atoms with van der Waals surface area (Å²) in [4.78, 5) is 10.4. The summed E-state index contributed by atoms with van der Waals surface area (Å²) >= 11 is 0. The van der Waals surface area contributed by atoms with Crippen LogP contribution in [-0.4, -0.2) is 14.5 Å². The molecule has 0 N–H and O–H groups in total. The van der Waals surface area contributed by atoms with E-state index in [4.69, 9.17) is 9.97 Å². The van der Waals surface area contributed by atoms with Crippen LogP contribution in [0.15, 0.2) is 176 Å². The summed E-state index contributed by atoms with van der Waals surface area (Å²) in [5.74, 6) is 0.688. The minimum absolute atomic E-state index is 0.228. The molecule has 0 aliphatic carbocycles. The van der Waals surface area contributed by atoms with E-state index < -0.39 is 0 Å². The maximum atomic E-state index is 9.77. The topological polar surface area (TPSA) is 54.5 Å². The van der Waals surface area contributed by atoms with E-state index in [-0.39, 0.29) is 5.41 Å². The molecule has 0 atom stereocenters. The van der Waals surface area contributed by atoms with Crippen LogP contribution < -0.4 is 0 Å². The van der Waals surface area contributed by atoms with Crippen molar-refractivity contribution in [1.29, 1.82) is 5.26 Å². The molecule has 2 aromatic heterocycles. The van der Waals surface area contributed by atoms with Gasteiger partial charge in [-0.3, -0.25) is 0 Å². The average molecular weight is 707 g/mol. The van der Waals surface area contributed by atoms with Crippen LogP contribution in [0, 0.1) is 11.3 Å². The quantitative estimate of drug-likeness (QED) is 0.173. The molecule has 9 rings (SSSR count). The number of hydrogen-bond donors (Lipinski definition) is 0. The average Bonchev–Trinajstić information content (AvgIpc) is 3.56. The van der Waals surface area contributed by atoms with E-state index in [1.54, 1.807) is 0 Å². The lowest BCUT2D eigenvalue weighted by molar-refractivity contribution is 0.568. The predicted molar refractivity (Wildman–Crippen MR) is 227 cm³/mol. The summed E-state index contributed by atoms with van der Waals surface area (Å²) in [5.41, 5.74) is 14.0. The largest absolute Gasteiger partial charge is 0.309 e. The zero-order chi connectivity index (χ0) is 37.5. The maximum absolute atomic E-state index is 9.77. The fourth-order valence-electron chi connectivity index (χ4n) is 7.47. The van der Waals surface area contributed by atoms with Crippen molar-refractivity contribution in [2.75, 3.05) is 0 Å².